The topological polar surface area (TPSA) is 37.4 Å². The van der Waals surface area contributed by atoms with E-state index in [1.807, 2.05) is 62.4 Å². The largest absolute Gasteiger partial charge is 0.243 e. The van der Waals surface area contributed by atoms with Gasteiger partial charge in [0.2, 0.25) is 10.0 Å². The molecular weight excluding hydrogens is 366 g/mol. The van der Waals surface area contributed by atoms with Crippen LogP contribution in [0.5, 0.6) is 0 Å². The van der Waals surface area contributed by atoms with Gasteiger partial charge in [-0.2, -0.15) is 4.31 Å². The number of nitrogens with zero attached hydrogens (tertiary/aromatic N) is 1. The lowest BCUT2D eigenvalue weighted by Gasteiger charge is -2.30. The predicted octanol–water partition coefficient (Wildman–Crippen LogP) is 4.76. The fourth-order valence-electron chi connectivity index (χ4n) is 4.36. The summed E-state index contributed by atoms with van der Waals surface area (Å²) < 4.78 is 28.5. The summed E-state index contributed by atoms with van der Waals surface area (Å²) in [6.07, 6.45) is 0.756. The molecule has 1 atom stereocenters. The minimum Gasteiger partial charge on any atom is -0.207 e. The van der Waals surface area contributed by atoms with E-state index in [0.29, 0.717) is 11.4 Å². The monoisotopic (exact) mass is 391 g/mol. The van der Waals surface area contributed by atoms with Gasteiger partial charge in [0.05, 0.1) is 4.90 Å². The van der Waals surface area contributed by atoms with Gasteiger partial charge in [-0.3, -0.25) is 0 Å². The highest BCUT2D eigenvalue weighted by Gasteiger charge is 2.49. The summed E-state index contributed by atoms with van der Waals surface area (Å²) in [5.41, 5.74) is 3.03. The maximum atomic E-state index is 13.4. The average Bonchev–Trinajstić information content (AvgIpc) is 3.09. The summed E-state index contributed by atoms with van der Waals surface area (Å²) in [7, 11) is -3.56. The summed E-state index contributed by atoms with van der Waals surface area (Å²) in [6.45, 7) is 4.42. The Morgan fingerprint density at radius 3 is 1.82 bits per heavy atom. The summed E-state index contributed by atoms with van der Waals surface area (Å²) in [4.78, 5) is 0.363. The predicted molar refractivity (Wildman–Crippen MR) is 113 cm³/mol. The molecule has 28 heavy (non-hydrogen) atoms. The second-order valence-corrected chi connectivity index (χ2v) is 9.62. The van der Waals surface area contributed by atoms with Gasteiger partial charge in [0.25, 0.3) is 0 Å². The Kier molecular flexibility index (Phi) is 4.86. The maximum Gasteiger partial charge on any atom is 0.243 e. The van der Waals surface area contributed by atoms with Gasteiger partial charge in [-0.1, -0.05) is 78.4 Å². The average molecular weight is 392 g/mol. The van der Waals surface area contributed by atoms with Crippen LogP contribution in [0.2, 0.25) is 0 Å². The molecule has 0 bridgehead atoms. The van der Waals surface area contributed by atoms with Crippen LogP contribution in [-0.2, 0) is 15.4 Å². The van der Waals surface area contributed by atoms with Crippen molar-refractivity contribution in [3.8, 4) is 0 Å². The zero-order valence-electron chi connectivity index (χ0n) is 16.2. The fourth-order valence-corrected chi connectivity index (χ4v) is 6.05. The minimum absolute atomic E-state index is 0.0910. The summed E-state index contributed by atoms with van der Waals surface area (Å²) in [6, 6.07) is 27.6. The van der Waals surface area contributed by atoms with E-state index in [9.17, 15) is 8.42 Å². The molecule has 0 N–H and O–H groups in total. The van der Waals surface area contributed by atoms with Crippen molar-refractivity contribution in [2.45, 2.75) is 36.6 Å². The van der Waals surface area contributed by atoms with Crippen LogP contribution in [0.4, 0.5) is 0 Å². The first-order valence-electron chi connectivity index (χ1n) is 9.63. The first-order valence-corrected chi connectivity index (χ1v) is 11.1. The standard InChI is InChI=1S/C24H25NO2S/c1-19-13-15-23(16-14-19)28(26,27)25-18-24(17-20(25)2,21-9-5-3-6-10-21)22-11-7-4-8-12-22/h3-16,20H,17-18H2,1-2H3/t20-/m1/s1. The van der Waals surface area contributed by atoms with Crippen molar-refractivity contribution in [2.24, 2.45) is 0 Å². The van der Waals surface area contributed by atoms with Crippen molar-refractivity contribution in [1.29, 1.82) is 0 Å². The lowest BCUT2D eigenvalue weighted by atomic mass is 9.73. The van der Waals surface area contributed by atoms with Crippen molar-refractivity contribution in [2.75, 3.05) is 6.54 Å². The molecule has 144 valence electrons. The first-order chi connectivity index (χ1) is 13.4. The van der Waals surface area contributed by atoms with Crippen LogP contribution in [0.15, 0.2) is 89.8 Å². The Hall–Kier alpha value is -2.43. The van der Waals surface area contributed by atoms with E-state index in [1.54, 1.807) is 16.4 Å². The minimum atomic E-state index is -3.56. The molecule has 1 saturated heterocycles. The molecule has 1 heterocycles. The molecule has 3 aromatic carbocycles. The summed E-state index contributed by atoms with van der Waals surface area (Å²) in [5, 5.41) is 0. The van der Waals surface area contributed by atoms with Crippen LogP contribution in [0.3, 0.4) is 0 Å². The molecule has 3 nitrogen and oxygen atoms in total. The Balaban J connectivity index is 1.80. The first kappa shape index (κ1) is 18.9. The highest BCUT2D eigenvalue weighted by molar-refractivity contribution is 7.89. The van der Waals surface area contributed by atoms with E-state index in [4.69, 9.17) is 0 Å². The smallest absolute Gasteiger partial charge is 0.207 e. The molecular formula is C24H25NO2S. The van der Waals surface area contributed by atoms with Gasteiger partial charge in [0, 0.05) is 18.0 Å². The highest BCUT2D eigenvalue weighted by Crippen LogP contribution is 2.45. The zero-order chi connectivity index (χ0) is 19.8. The molecule has 1 fully saturated rings. The second-order valence-electron chi connectivity index (χ2n) is 7.73. The maximum absolute atomic E-state index is 13.4. The number of sulfonamides is 1. The summed E-state index contributed by atoms with van der Waals surface area (Å²) in [5.74, 6) is 0. The SMILES string of the molecule is Cc1ccc(S(=O)(=O)N2CC(c3ccccc3)(c3ccccc3)C[C@H]2C)cc1. The van der Waals surface area contributed by atoms with Gasteiger partial charge in [0.1, 0.15) is 0 Å². The number of hydrogen-bond donors (Lipinski definition) is 0. The molecule has 1 aliphatic rings. The Bertz CT molecular complexity index is 1010. The molecule has 0 aromatic heterocycles. The molecule has 4 heteroatoms. The van der Waals surface area contributed by atoms with Crippen LogP contribution in [0.25, 0.3) is 0 Å². The molecule has 0 spiro atoms. The number of benzene rings is 3. The van der Waals surface area contributed by atoms with Gasteiger partial charge in [-0.25, -0.2) is 8.42 Å². The van der Waals surface area contributed by atoms with Crippen molar-refractivity contribution in [3.05, 3.63) is 102 Å². The van der Waals surface area contributed by atoms with Gasteiger partial charge in [0.15, 0.2) is 0 Å². The lowest BCUT2D eigenvalue weighted by Crippen LogP contribution is -2.37. The molecule has 0 unspecified atom stereocenters. The molecule has 0 aliphatic carbocycles. The Morgan fingerprint density at radius 1 is 0.821 bits per heavy atom. The zero-order valence-corrected chi connectivity index (χ0v) is 17.1. The molecule has 0 amide bonds. The third-order valence-electron chi connectivity index (χ3n) is 5.84. The third kappa shape index (κ3) is 3.17. The highest BCUT2D eigenvalue weighted by atomic mass is 32.2. The number of hydrogen-bond acceptors (Lipinski definition) is 2. The quantitative estimate of drug-likeness (QED) is 0.643. The van der Waals surface area contributed by atoms with E-state index in [0.717, 1.165) is 23.1 Å². The Morgan fingerprint density at radius 2 is 1.32 bits per heavy atom. The van der Waals surface area contributed by atoms with Gasteiger partial charge in [-0.05, 0) is 43.5 Å². The van der Waals surface area contributed by atoms with Gasteiger partial charge < -0.3 is 0 Å². The van der Waals surface area contributed by atoms with Crippen molar-refractivity contribution < 1.29 is 8.42 Å². The van der Waals surface area contributed by atoms with Crippen molar-refractivity contribution in [1.82, 2.24) is 4.31 Å². The van der Waals surface area contributed by atoms with E-state index in [1.165, 1.54) is 0 Å². The molecule has 3 aromatic rings. The van der Waals surface area contributed by atoms with Gasteiger partial charge >= 0.3 is 0 Å². The number of rotatable bonds is 4. The molecule has 1 aliphatic heterocycles. The van der Waals surface area contributed by atoms with E-state index < -0.39 is 10.0 Å². The van der Waals surface area contributed by atoms with Gasteiger partial charge in [-0.15, -0.1) is 0 Å². The van der Waals surface area contributed by atoms with Crippen LogP contribution in [-0.4, -0.2) is 25.3 Å². The van der Waals surface area contributed by atoms with Crippen LogP contribution < -0.4 is 0 Å². The molecule has 4 rings (SSSR count). The van der Waals surface area contributed by atoms with Crippen molar-refractivity contribution >= 4 is 10.0 Å². The third-order valence-corrected chi connectivity index (χ3v) is 7.82. The normalized spacial score (nSPS) is 19.6. The van der Waals surface area contributed by atoms with Crippen LogP contribution in [0, 0.1) is 6.92 Å². The van der Waals surface area contributed by atoms with Crippen molar-refractivity contribution in [3.63, 3.8) is 0 Å². The van der Waals surface area contributed by atoms with Crippen LogP contribution in [0.1, 0.15) is 30.0 Å². The number of aryl methyl sites for hydroxylation is 1. The van der Waals surface area contributed by atoms with E-state index >= 15 is 0 Å². The fraction of sp³-hybridized carbons (Fsp3) is 0.250. The van der Waals surface area contributed by atoms with E-state index in [2.05, 4.69) is 24.3 Å². The summed E-state index contributed by atoms with van der Waals surface area (Å²) >= 11 is 0. The van der Waals surface area contributed by atoms with Crippen LogP contribution >= 0.6 is 0 Å². The second kappa shape index (κ2) is 7.19. The lowest BCUT2D eigenvalue weighted by molar-refractivity contribution is 0.403. The molecule has 0 radical (unpaired) electrons. The Labute approximate surface area is 167 Å². The molecule has 0 saturated carbocycles. The van der Waals surface area contributed by atoms with E-state index in [-0.39, 0.29) is 11.5 Å².